The lowest BCUT2D eigenvalue weighted by molar-refractivity contribution is 0.0950. The third-order valence-electron chi connectivity index (χ3n) is 3.77. The number of nitrogens with one attached hydrogen (secondary N) is 1. The highest BCUT2D eigenvalue weighted by molar-refractivity contribution is 5.96. The summed E-state index contributed by atoms with van der Waals surface area (Å²) in [6.07, 6.45) is 3.47. The number of rotatable bonds is 4. The number of hydrogen-bond acceptors (Lipinski definition) is 3. The Labute approximate surface area is 137 Å². The van der Waals surface area contributed by atoms with Crippen molar-refractivity contribution in [1.29, 1.82) is 0 Å². The number of methoxy groups -OCH3 is 1. The molecule has 2 aromatic rings. The number of pyridine rings is 1. The molecule has 0 saturated heterocycles. The molecule has 0 saturated carbocycles. The Morgan fingerprint density at radius 3 is 2.61 bits per heavy atom. The van der Waals surface area contributed by atoms with Crippen LogP contribution < -0.4 is 10.1 Å². The number of carbonyl (C=O) groups is 1. The average molecular weight is 312 g/mol. The Morgan fingerprint density at radius 1 is 1.30 bits per heavy atom. The summed E-state index contributed by atoms with van der Waals surface area (Å²) in [5, 5.41) is 2.95. The molecule has 0 aliphatic heterocycles. The molecule has 0 unspecified atom stereocenters. The van der Waals surface area contributed by atoms with Crippen molar-refractivity contribution in [3.63, 3.8) is 0 Å². The molecule has 0 aliphatic rings. The van der Waals surface area contributed by atoms with Crippen LogP contribution in [0.25, 0.3) is 0 Å². The number of aromatic nitrogens is 1. The Morgan fingerprint density at radius 2 is 2.04 bits per heavy atom. The number of carbonyl (C=O) groups excluding carboxylic acids is 1. The largest absolute Gasteiger partial charge is 0.496 e. The maximum absolute atomic E-state index is 12.5. The summed E-state index contributed by atoms with van der Waals surface area (Å²) in [7, 11) is 1.66. The van der Waals surface area contributed by atoms with Gasteiger partial charge in [-0.1, -0.05) is 26.8 Å². The first kappa shape index (κ1) is 17.0. The normalized spacial score (nSPS) is 11.2. The van der Waals surface area contributed by atoms with Gasteiger partial charge in [0.25, 0.3) is 5.91 Å². The van der Waals surface area contributed by atoms with E-state index in [1.165, 1.54) is 0 Å². The Hall–Kier alpha value is -2.36. The lowest BCUT2D eigenvalue weighted by Crippen LogP contribution is -2.25. The van der Waals surface area contributed by atoms with E-state index in [2.05, 4.69) is 31.1 Å². The van der Waals surface area contributed by atoms with E-state index >= 15 is 0 Å². The third kappa shape index (κ3) is 4.09. The first-order chi connectivity index (χ1) is 10.8. The van der Waals surface area contributed by atoms with Gasteiger partial charge in [0.15, 0.2) is 0 Å². The molecule has 0 radical (unpaired) electrons. The monoisotopic (exact) mass is 312 g/mol. The van der Waals surface area contributed by atoms with Gasteiger partial charge < -0.3 is 10.1 Å². The molecule has 0 bridgehead atoms. The minimum Gasteiger partial charge on any atom is -0.496 e. The maximum atomic E-state index is 12.5. The number of hydrogen-bond donors (Lipinski definition) is 1. The number of amides is 1. The van der Waals surface area contributed by atoms with E-state index < -0.39 is 0 Å². The van der Waals surface area contributed by atoms with E-state index in [1.54, 1.807) is 19.5 Å². The molecular weight excluding hydrogens is 288 g/mol. The molecule has 4 heteroatoms. The van der Waals surface area contributed by atoms with Crippen LogP contribution in [-0.2, 0) is 12.0 Å². The van der Waals surface area contributed by atoms with Crippen LogP contribution in [0.15, 0.2) is 36.7 Å². The molecule has 1 aromatic heterocycles. The van der Waals surface area contributed by atoms with E-state index in [9.17, 15) is 4.79 Å². The van der Waals surface area contributed by atoms with Crippen LogP contribution in [0.5, 0.6) is 5.75 Å². The number of ether oxygens (including phenoxy) is 1. The molecule has 0 aliphatic carbocycles. The number of aryl methyl sites for hydroxylation is 1. The van der Waals surface area contributed by atoms with Gasteiger partial charge in [0.05, 0.1) is 7.11 Å². The van der Waals surface area contributed by atoms with Gasteiger partial charge >= 0.3 is 0 Å². The van der Waals surface area contributed by atoms with Gasteiger partial charge in [-0.25, -0.2) is 0 Å². The fourth-order valence-corrected chi connectivity index (χ4v) is 2.46. The minimum atomic E-state index is -0.0998. The van der Waals surface area contributed by atoms with Crippen molar-refractivity contribution in [3.05, 3.63) is 58.9 Å². The van der Waals surface area contributed by atoms with Gasteiger partial charge in [0.1, 0.15) is 5.75 Å². The minimum absolute atomic E-state index is 0.0838. The van der Waals surface area contributed by atoms with E-state index in [-0.39, 0.29) is 11.3 Å². The predicted octanol–water partition coefficient (Wildman–Crippen LogP) is 3.63. The second-order valence-corrected chi connectivity index (χ2v) is 6.66. The summed E-state index contributed by atoms with van der Waals surface area (Å²) in [5.41, 5.74) is 3.48. The highest BCUT2D eigenvalue weighted by Gasteiger charge is 2.22. The van der Waals surface area contributed by atoms with Crippen molar-refractivity contribution in [3.8, 4) is 5.75 Å². The van der Waals surface area contributed by atoms with Crippen LogP contribution in [-0.4, -0.2) is 18.0 Å². The topological polar surface area (TPSA) is 51.2 Å². The zero-order chi connectivity index (χ0) is 17.0. The van der Waals surface area contributed by atoms with Gasteiger partial charge in [0.2, 0.25) is 0 Å². The van der Waals surface area contributed by atoms with Crippen molar-refractivity contribution in [1.82, 2.24) is 10.3 Å². The summed E-state index contributed by atoms with van der Waals surface area (Å²) in [5.74, 6) is 0.735. The summed E-state index contributed by atoms with van der Waals surface area (Å²) in [4.78, 5) is 16.6. The average Bonchev–Trinajstić information content (AvgIpc) is 2.52. The summed E-state index contributed by atoms with van der Waals surface area (Å²) in [6, 6.07) is 7.67. The van der Waals surface area contributed by atoms with Gasteiger partial charge in [-0.05, 0) is 41.7 Å². The van der Waals surface area contributed by atoms with Crippen molar-refractivity contribution in [2.75, 3.05) is 7.11 Å². The van der Waals surface area contributed by atoms with Gasteiger partial charge in [-0.15, -0.1) is 0 Å². The number of nitrogens with zero attached hydrogens (tertiary/aromatic N) is 1. The molecule has 4 nitrogen and oxygen atoms in total. The second kappa shape index (κ2) is 6.82. The molecule has 1 N–H and O–H groups in total. The van der Waals surface area contributed by atoms with Crippen molar-refractivity contribution in [2.45, 2.75) is 39.7 Å². The molecule has 1 amide bonds. The van der Waals surface area contributed by atoms with E-state index in [1.807, 2.05) is 31.2 Å². The van der Waals surface area contributed by atoms with Crippen molar-refractivity contribution >= 4 is 5.91 Å². The molecule has 1 aromatic carbocycles. The highest BCUT2D eigenvalue weighted by Crippen LogP contribution is 2.33. The summed E-state index contributed by atoms with van der Waals surface area (Å²) >= 11 is 0. The molecule has 2 rings (SSSR count). The summed E-state index contributed by atoms with van der Waals surface area (Å²) in [6.45, 7) is 8.71. The van der Waals surface area contributed by atoms with Gasteiger partial charge in [-0.2, -0.15) is 0 Å². The molecule has 0 spiro atoms. The Kier molecular flexibility index (Phi) is 5.04. The maximum Gasteiger partial charge on any atom is 0.251 e. The van der Waals surface area contributed by atoms with E-state index in [0.717, 1.165) is 22.4 Å². The van der Waals surface area contributed by atoms with Crippen LogP contribution in [0.2, 0.25) is 0 Å². The molecule has 0 fully saturated rings. The lowest BCUT2D eigenvalue weighted by Gasteiger charge is -2.23. The van der Waals surface area contributed by atoms with Crippen LogP contribution in [0.4, 0.5) is 0 Å². The Bertz CT molecular complexity index is 689. The molecule has 0 atom stereocenters. The van der Waals surface area contributed by atoms with Gasteiger partial charge in [-0.3, -0.25) is 9.78 Å². The molecular formula is C19H24N2O2. The smallest absolute Gasteiger partial charge is 0.251 e. The van der Waals surface area contributed by atoms with Crippen molar-refractivity contribution in [2.24, 2.45) is 0 Å². The Balaban J connectivity index is 2.26. The van der Waals surface area contributed by atoms with E-state index in [0.29, 0.717) is 12.1 Å². The van der Waals surface area contributed by atoms with Crippen LogP contribution >= 0.6 is 0 Å². The lowest BCUT2D eigenvalue weighted by atomic mass is 9.84. The first-order valence-electron chi connectivity index (χ1n) is 7.69. The third-order valence-corrected chi connectivity index (χ3v) is 3.77. The fourth-order valence-electron chi connectivity index (χ4n) is 2.46. The van der Waals surface area contributed by atoms with Crippen LogP contribution in [0.1, 0.15) is 47.8 Å². The second-order valence-electron chi connectivity index (χ2n) is 6.66. The van der Waals surface area contributed by atoms with Crippen molar-refractivity contribution < 1.29 is 9.53 Å². The van der Waals surface area contributed by atoms with Crippen LogP contribution in [0.3, 0.4) is 0 Å². The first-order valence-corrected chi connectivity index (χ1v) is 7.69. The molecule has 122 valence electrons. The van der Waals surface area contributed by atoms with Gasteiger partial charge in [0, 0.05) is 30.1 Å². The zero-order valence-corrected chi connectivity index (χ0v) is 14.4. The van der Waals surface area contributed by atoms with E-state index in [4.69, 9.17) is 4.74 Å². The zero-order valence-electron chi connectivity index (χ0n) is 14.4. The predicted molar refractivity (Wildman–Crippen MR) is 91.8 cm³/mol. The number of benzene rings is 1. The molecule has 1 heterocycles. The fraction of sp³-hybridized carbons (Fsp3) is 0.368. The highest BCUT2D eigenvalue weighted by atomic mass is 16.5. The summed E-state index contributed by atoms with van der Waals surface area (Å²) < 4.78 is 5.48. The standard InChI is InChI=1S/C19H24N2O2/c1-13-9-17(23-5)16(19(2,3)4)10-15(13)18(22)21-12-14-7-6-8-20-11-14/h6-11H,12H2,1-5H3,(H,21,22). The van der Waals surface area contributed by atoms with Crippen LogP contribution in [0, 0.1) is 6.92 Å². The molecule has 23 heavy (non-hydrogen) atoms. The SMILES string of the molecule is COc1cc(C)c(C(=O)NCc2cccnc2)cc1C(C)(C)C. The quantitative estimate of drug-likeness (QED) is 0.938.